The lowest BCUT2D eigenvalue weighted by atomic mass is 9.80. The summed E-state index contributed by atoms with van der Waals surface area (Å²) in [6, 6.07) is 11.7. The van der Waals surface area contributed by atoms with E-state index in [1.807, 2.05) is 0 Å². The summed E-state index contributed by atoms with van der Waals surface area (Å²) in [5.41, 5.74) is 3.78. The Morgan fingerprint density at radius 3 is 2.36 bits per heavy atom. The molecule has 1 heterocycles. The minimum atomic E-state index is -3.23. The van der Waals surface area contributed by atoms with E-state index >= 15 is 0 Å². The van der Waals surface area contributed by atoms with Crippen molar-refractivity contribution in [2.45, 2.75) is 11.3 Å². The molecule has 0 aliphatic carbocycles. The quantitative estimate of drug-likeness (QED) is 0.805. The van der Waals surface area contributed by atoms with E-state index in [1.54, 1.807) is 42.5 Å². The fraction of sp³-hybridized carbons (Fsp3) is 0.133. The molecule has 0 unspecified atom stereocenters. The molecule has 22 heavy (non-hydrogen) atoms. The summed E-state index contributed by atoms with van der Waals surface area (Å²) in [5.74, 6) is 0. The summed E-state index contributed by atoms with van der Waals surface area (Å²) in [4.78, 5) is 4.81. The molecule has 1 aliphatic heterocycles. The van der Waals surface area contributed by atoms with Crippen LogP contribution in [0.5, 0.6) is 0 Å². The van der Waals surface area contributed by atoms with Crippen molar-refractivity contribution in [2.24, 2.45) is 4.99 Å². The number of rotatable bonds is 3. The maximum atomic E-state index is 11.6. The van der Waals surface area contributed by atoms with Crippen LogP contribution >= 0.6 is 0 Å². The molecule has 0 aromatic heterocycles. The average Bonchev–Trinajstić information content (AvgIpc) is 2.89. The standard InChI is InChI=1S/C15H14BNO4S/c1-22(20,21)13-6-7-14-11(8-13)9-15(17-14)10-2-4-12(5-3-10)16(18)19/h2-8,18-19H,9H2,1H3. The Bertz CT molecular complexity index is 858. The van der Waals surface area contributed by atoms with Crippen molar-refractivity contribution in [1.82, 2.24) is 0 Å². The molecule has 2 aromatic rings. The average molecular weight is 315 g/mol. The number of hydrogen-bond donors (Lipinski definition) is 2. The highest BCUT2D eigenvalue weighted by Gasteiger charge is 2.19. The summed E-state index contributed by atoms with van der Waals surface area (Å²) in [5, 5.41) is 18.2. The van der Waals surface area contributed by atoms with Gasteiger partial charge in [-0.3, -0.25) is 4.99 Å². The predicted molar refractivity (Wildman–Crippen MR) is 85.7 cm³/mol. The zero-order chi connectivity index (χ0) is 15.9. The molecule has 0 saturated carbocycles. The Hall–Kier alpha value is -1.96. The number of nitrogens with zero attached hydrogens (tertiary/aromatic N) is 1. The van der Waals surface area contributed by atoms with Gasteiger partial charge in [0.05, 0.1) is 16.3 Å². The topological polar surface area (TPSA) is 87.0 Å². The molecule has 112 valence electrons. The van der Waals surface area contributed by atoms with Gasteiger partial charge in [0.25, 0.3) is 0 Å². The van der Waals surface area contributed by atoms with Crippen LogP contribution in [0.4, 0.5) is 5.69 Å². The van der Waals surface area contributed by atoms with Gasteiger partial charge in [-0.15, -0.1) is 0 Å². The Labute approximate surface area is 129 Å². The fourth-order valence-electron chi connectivity index (χ4n) is 2.42. The van der Waals surface area contributed by atoms with Crippen LogP contribution in [0.2, 0.25) is 0 Å². The molecule has 0 radical (unpaired) electrons. The summed E-state index contributed by atoms with van der Waals surface area (Å²) >= 11 is 0. The Morgan fingerprint density at radius 2 is 1.77 bits per heavy atom. The normalized spacial score (nSPS) is 13.7. The van der Waals surface area contributed by atoms with Crippen LogP contribution in [-0.2, 0) is 16.3 Å². The van der Waals surface area contributed by atoms with Crippen molar-refractivity contribution in [3.8, 4) is 0 Å². The first kappa shape index (κ1) is 15.0. The van der Waals surface area contributed by atoms with Gasteiger partial charge in [0.2, 0.25) is 0 Å². The Kier molecular flexibility index (Phi) is 3.64. The highest BCUT2D eigenvalue weighted by molar-refractivity contribution is 7.90. The second-order valence-electron chi connectivity index (χ2n) is 5.29. The highest BCUT2D eigenvalue weighted by atomic mass is 32.2. The first-order valence-corrected chi connectivity index (χ1v) is 8.61. The van der Waals surface area contributed by atoms with Gasteiger partial charge in [-0.2, -0.15) is 0 Å². The van der Waals surface area contributed by atoms with E-state index in [-0.39, 0.29) is 0 Å². The third kappa shape index (κ3) is 2.83. The summed E-state index contributed by atoms with van der Waals surface area (Å²) < 4.78 is 23.2. The minimum Gasteiger partial charge on any atom is -0.423 e. The number of hydrogen-bond acceptors (Lipinski definition) is 5. The highest BCUT2D eigenvalue weighted by Crippen LogP contribution is 2.30. The number of fused-ring (bicyclic) bond motifs is 1. The lowest BCUT2D eigenvalue weighted by Gasteiger charge is -2.03. The molecule has 5 nitrogen and oxygen atoms in total. The molecule has 0 saturated heterocycles. The second kappa shape index (κ2) is 5.35. The van der Waals surface area contributed by atoms with Gasteiger partial charge in [-0.1, -0.05) is 24.3 Å². The molecule has 2 aromatic carbocycles. The zero-order valence-electron chi connectivity index (χ0n) is 11.9. The van der Waals surface area contributed by atoms with Crippen LogP contribution in [0.25, 0.3) is 0 Å². The number of aliphatic imine (C=N–C) groups is 1. The van der Waals surface area contributed by atoms with E-state index in [2.05, 4.69) is 4.99 Å². The van der Waals surface area contributed by atoms with Crippen LogP contribution in [0, 0.1) is 0 Å². The van der Waals surface area contributed by atoms with Gasteiger partial charge >= 0.3 is 7.12 Å². The molecule has 0 bridgehead atoms. The molecule has 0 amide bonds. The molecule has 2 N–H and O–H groups in total. The van der Waals surface area contributed by atoms with Crippen molar-refractivity contribution in [3.63, 3.8) is 0 Å². The Balaban J connectivity index is 1.90. The molecular formula is C15H14BNO4S. The fourth-order valence-corrected chi connectivity index (χ4v) is 3.09. The van der Waals surface area contributed by atoms with Crippen molar-refractivity contribution in [2.75, 3.05) is 6.26 Å². The molecular weight excluding hydrogens is 301 g/mol. The van der Waals surface area contributed by atoms with Gasteiger partial charge in [0.1, 0.15) is 0 Å². The minimum absolute atomic E-state index is 0.293. The number of benzene rings is 2. The molecule has 0 fully saturated rings. The van der Waals surface area contributed by atoms with Gasteiger partial charge in [-0.05, 0) is 34.8 Å². The van der Waals surface area contributed by atoms with Crippen LogP contribution in [0.1, 0.15) is 11.1 Å². The molecule has 0 atom stereocenters. The van der Waals surface area contributed by atoms with Crippen molar-refractivity contribution >= 4 is 33.8 Å². The van der Waals surface area contributed by atoms with Crippen LogP contribution in [0.3, 0.4) is 0 Å². The largest absolute Gasteiger partial charge is 0.488 e. The first-order chi connectivity index (χ1) is 10.3. The molecule has 0 spiro atoms. The molecule has 7 heteroatoms. The second-order valence-corrected chi connectivity index (χ2v) is 7.31. The maximum absolute atomic E-state index is 11.6. The summed E-state index contributed by atoms with van der Waals surface area (Å²) in [7, 11) is -4.72. The molecule has 3 rings (SSSR count). The van der Waals surface area contributed by atoms with Gasteiger partial charge < -0.3 is 10.0 Å². The van der Waals surface area contributed by atoms with Gasteiger partial charge in [0, 0.05) is 12.7 Å². The van der Waals surface area contributed by atoms with Gasteiger partial charge in [-0.25, -0.2) is 8.42 Å². The monoisotopic (exact) mass is 315 g/mol. The van der Waals surface area contributed by atoms with E-state index < -0.39 is 17.0 Å². The summed E-state index contributed by atoms with van der Waals surface area (Å²) in [6.45, 7) is 0. The predicted octanol–water partition coefficient (Wildman–Crippen LogP) is 0.447. The van der Waals surface area contributed by atoms with Gasteiger partial charge in [0.15, 0.2) is 9.84 Å². The SMILES string of the molecule is CS(=O)(=O)c1ccc2c(c1)CC(c1ccc(B(O)O)cc1)=N2. The third-order valence-corrected chi connectivity index (χ3v) is 4.74. The van der Waals surface area contributed by atoms with Crippen LogP contribution < -0.4 is 5.46 Å². The van der Waals surface area contributed by atoms with Crippen molar-refractivity contribution in [3.05, 3.63) is 53.6 Å². The van der Waals surface area contributed by atoms with Crippen LogP contribution in [-0.4, -0.2) is 37.6 Å². The zero-order valence-corrected chi connectivity index (χ0v) is 12.7. The van der Waals surface area contributed by atoms with E-state index in [4.69, 9.17) is 10.0 Å². The van der Waals surface area contributed by atoms with E-state index in [9.17, 15) is 8.42 Å². The lowest BCUT2D eigenvalue weighted by molar-refractivity contribution is 0.426. The van der Waals surface area contributed by atoms with Crippen LogP contribution in [0.15, 0.2) is 52.4 Å². The van der Waals surface area contributed by atoms with Crippen molar-refractivity contribution < 1.29 is 18.5 Å². The van der Waals surface area contributed by atoms with E-state index in [0.717, 1.165) is 22.5 Å². The molecule has 1 aliphatic rings. The summed E-state index contributed by atoms with van der Waals surface area (Å²) in [6.07, 6.45) is 1.74. The Morgan fingerprint density at radius 1 is 1.09 bits per heavy atom. The smallest absolute Gasteiger partial charge is 0.423 e. The maximum Gasteiger partial charge on any atom is 0.488 e. The van der Waals surface area contributed by atoms with E-state index in [0.29, 0.717) is 16.8 Å². The first-order valence-electron chi connectivity index (χ1n) is 6.71. The van der Waals surface area contributed by atoms with Crippen molar-refractivity contribution in [1.29, 1.82) is 0 Å². The van der Waals surface area contributed by atoms with E-state index in [1.165, 1.54) is 6.26 Å². The lowest BCUT2D eigenvalue weighted by Crippen LogP contribution is -2.29. The third-order valence-electron chi connectivity index (χ3n) is 3.63. The number of sulfone groups is 1.